The number of hydrogen-bond acceptors (Lipinski definition) is 2. The molecule has 20 heavy (non-hydrogen) atoms. The number of rotatable bonds is 3. The van der Waals surface area contributed by atoms with Gasteiger partial charge in [-0.15, -0.1) is 0 Å². The van der Waals surface area contributed by atoms with E-state index < -0.39 is 17.7 Å². The van der Waals surface area contributed by atoms with Crippen LogP contribution in [0.25, 0.3) is 0 Å². The smallest absolute Gasteiger partial charge is 0.126 e. The van der Waals surface area contributed by atoms with Crippen LogP contribution in [0.4, 0.5) is 8.78 Å². The molecule has 1 aliphatic heterocycles. The predicted molar refractivity (Wildman–Crippen MR) is 70.7 cm³/mol. The average molecular weight is 276 g/mol. The molecule has 2 nitrogen and oxygen atoms in total. The third kappa shape index (κ3) is 2.51. The van der Waals surface area contributed by atoms with Crippen LogP contribution < -0.4 is 4.74 Å². The highest BCUT2D eigenvalue weighted by atomic mass is 19.1. The Morgan fingerprint density at radius 2 is 1.85 bits per heavy atom. The highest BCUT2D eigenvalue weighted by Crippen LogP contribution is 2.36. The lowest BCUT2D eigenvalue weighted by molar-refractivity contribution is 0.129. The van der Waals surface area contributed by atoms with Crippen LogP contribution in [-0.4, -0.2) is 17.8 Å². The minimum absolute atomic E-state index is 0.169. The monoisotopic (exact) mass is 276 g/mol. The second-order valence-electron chi connectivity index (χ2n) is 5.00. The van der Waals surface area contributed by atoms with Crippen LogP contribution in [0, 0.1) is 11.6 Å². The number of benzene rings is 2. The third-order valence-corrected chi connectivity index (χ3v) is 3.57. The fourth-order valence-corrected chi connectivity index (χ4v) is 2.62. The van der Waals surface area contributed by atoms with Gasteiger partial charge in [-0.05, 0) is 30.2 Å². The summed E-state index contributed by atoms with van der Waals surface area (Å²) in [4.78, 5) is 0. The van der Waals surface area contributed by atoms with Crippen molar-refractivity contribution in [3.63, 3.8) is 0 Å². The molecule has 1 N–H and O–H groups in total. The number of aliphatic hydroxyl groups is 1. The van der Waals surface area contributed by atoms with E-state index in [0.29, 0.717) is 12.2 Å². The average Bonchev–Trinajstić information content (AvgIpc) is 2.81. The first-order chi connectivity index (χ1) is 9.63. The van der Waals surface area contributed by atoms with Gasteiger partial charge in [-0.2, -0.15) is 0 Å². The summed E-state index contributed by atoms with van der Waals surface area (Å²) in [5.74, 6) is -0.662. The van der Waals surface area contributed by atoms with Gasteiger partial charge >= 0.3 is 0 Å². The number of hydrogen-bond donors (Lipinski definition) is 1. The Labute approximate surface area is 115 Å². The highest BCUT2D eigenvalue weighted by molar-refractivity contribution is 5.40. The van der Waals surface area contributed by atoms with E-state index in [4.69, 9.17) is 4.74 Å². The van der Waals surface area contributed by atoms with Crippen LogP contribution >= 0.6 is 0 Å². The van der Waals surface area contributed by atoms with E-state index in [1.807, 2.05) is 24.3 Å². The Hall–Kier alpha value is -1.94. The van der Waals surface area contributed by atoms with Crippen molar-refractivity contribution in [2.24, 2.45) is 0 Å². The van der Waals surface area contributed by atoms with E-state index in [-0.39, 0.29) is 12.3 Å². The molecule has 2 aromatic rings. The number of halogens is 2. The van der Waals surface area contributed by atoms with Crippen LogP contribution in [-0.2, 0) is 6.42 Å². The topological polar surface area (TPSA) is 29.5 Å². The molecular weight excluding hydrogens is 262 g/mol. The number of para-hydroxylation sites is 1. The Morgan fingerprint density at radius 1 is 1.15 bits per heavy atom. The van der Waals surface area contributed by atoms with Crippen molar-refractivity contribution in [3.05, 3.63) is 65.2 Å². The summed E-state index contributed by atoms with van der Waals surface area (Å²) >= 11 is 0. The van der Waals surface area contributed by atoms with E-state index in [2.05, 4.69) is 0 Å². The molecule has 0 saturated heterocycles. The Balaban J connectivity index is 1.79. The van der Waals surface area contributed by atoms with Gasteiger partial charge in [0, 0.05) is 17.5 Å². The van der Waals surface area contributed by atoms with Crippen molar-refractivity contribution in [3.8, 4) is 5.75 Å². The Morgan fingerprint density at radius 3 is 2.60 bits per heavy atom. The van der Waals surface area contributed by atoms with Gasteiger partial charge in [-0.3, -0.25) is 0 Å². The first-order valence-electron chi connectivity index (χ1n) is 6.48. The van der Waals surface area contributed by atoms with E-state index in [1.54, 1.807) is 0 Å². The lowest BCUT2D eigenvalue weighted by Crippen LogP contribution is -2.22. The van der Waals surface area contributed by atoms with Crippen molar-refractivity contribution < 1.29 is 18.6 Å². The van der Waals surface area contributed by atoms with Gasteiger partial charge in [0.15, 0.2) is 0 Å². The van der Waals surface area contributed by atoms with Gasteiger partial charge in [0.2, 0.25) is 0 Å². The zero-order valence-electron chi connectivity index (χ0n) is 10.7. The molecule has 2 atom stereocenters. The summed E-state index contributed by atoms with van der Waals surface area (Å²) in [7, 11) is 0. The van der Waals surface area contributed by atoms with Gasteiger partial charge in [0.25, 0.3) is 0 Å². The summed E-state index contributed by atoms with van der Waals surface area (Å²) in [5, 5.41) is 10.3. The zero-order chi connectivity index (χ0) is 14.1. The van der Waals surface area contributed by atoms with Crippen molar-refractivity contribution in [2.75, 3.05) is 6.61 Å². The molecule has 3 rings (SSSR count). The molecule has 4 heteroatoms. The maximum Gasteiger partial charge on any atom is 0.126 e. The molecule has 0 aromatic heterocycles. The second-order valence-corrected chi connectivity index (χ2v) is 5.00. The Kier molecular flexibility index (Phi) is 3.40. The first-order valence-corrected chi connectivity index (χ1v) is 6.48. The largest absolute Gasteiger partial charge is 0.493 e. The minimum atomic E-state index is -0.736. The lowest BCUT2D eigenvalue weighted by atomic mass is 9.91. The van der Waals surface area contributed by atoms with E-state index >= 15 is 0 Å². The lowest BCUT2D eigenvalue weighted by Gasteiger charge is -2.17. The first kappa shape index (κ1) is 13.1. The molecule has 0 radical (unpaired) electrons. The molecule has 2 aromatic carbocycles. The van der Waals surface area contributed by atoms with E-state index in [1.165, 1.54) is 12.1 Å². The van der Waals surface area contributed by atoms with Gasteiger partial charge < -0.3 is 9.84 Å². The zero-order valence-corrected chi connectivity index (χ0v) is 10.7. The molecule has 0 amide bonds. The summed E-state index contributed by atoms with van der Waals surface area (Å²) in [6, 6.07) is 10.8. The minimum Gasteiger partial charge on any atom is -0.493 e. The van der Waals surface area contributed by atoms with Crippen molar-refractivity contribution in [1.29, 1.82) is 0 Å². The predicted octanol–water partition coefficient (Wildman–Crippen LogP) is 3.04. The molecule has 1 aliphatic rings. The standard InChI is InChI=1S/C16H14F2O2/c17-11-5-10(6-12(18)8-11)7-15(19)14-9-20-16-4-2-1-3-13(14)16/h1-6,8,14-15,19H,7,9H2. The van der Waals surface area contributed by atoms with Gasteiger partial charge in [-0.1, -0.05) is 18.2 Å². The van der Waals surface area contributed by atoms with Crippen molar-refractivity contribution in [1.82, 2.24) is 0 Å². The number of aliphatic hydroxyl groups excluding tert-OH is 1. The highest BCUT2D eigenvalue weighted by Gasteiger charge is 2.30. The molecular formula is C16H14F2O2. The van der Waals surface area contributed by atoms with E-state index in [9.17, 15) is 13.9 Å². The molecule has 2 unspecified atom stereocenters. The van der Waals surface area contributed by atoms with Gasteiger partial charge in [0.05, 0.1) is 12.7 Å². The normalized spacial score (nSPS) is 18.4. The van der Waals surface area contributed by atoms with Crippen molar-refractivity contribution in [2.45, 2.75) is 18.4 Å². The summed E-state index contributed by atoms with van der Waals surface area (Å²) in [5.41, 5.74) is 1.39. The fraction of sp³-hybridized carbons (Fsp3) is 0.250. The van der Waals surface area contributed by atoms with Gasteiger partial charge in [-0.25, -0.2) is 8.78 Å². The molecule has 0 saturated carbocycles. The second kappa shape index (κ2) is 5.21. The summed E-state index contributed by atoms with van der Waals surface area (Å²) in [6.07, 6.45) is -0.545. The summed E-state index contributed by atoms with van der Waals surface area (Å²) < 4.78 is 31.8. The van der Waals surface area contributed by atoms with Crippen LogP contribution in [0.3, 0.4) is 0 Å². The maximum absolute atomic E-state index is 13.1. The van der Waals surface area contributed by atoms with Crippen LogP contribution in [0.15, 0.2) is 42.5 Å². The van der Waals surface area contributed by atoms with Gasteiger partial charge in [0.1, 0.15) is 17.4 Å². The van der Waals surface area contributed by atoms with Crippen molar-refractivity contribution >= 4 is 0 Å². The van der Waals surface area contributed by atoms with E-state index in [0.717, 1.165) is 17.4 Å². The molecule has 0 aliphatic carbocycles. The quantitative estimate of drug-likeness (QED) is 0.933. The molecule has 1 heterocycles. The maximum atomic E-state index is 13.1. The van der Waals surface area contributed by atoms with Crippen LogP contribution in [0.5, 0.6) is 5.75 Å². The molecule has 0 spiro atoms. The number of ether oxygens (including phenoxy) is 1. The fourth-order valence-electron chi connectivity index (χ4n) is 2.62. The third-order valence-electron chi connectivity index (χ3n) is 3.57. The molecule has 0 bridgehead atoms. The Bertz CT molecular complexity index is 607. The molecule has 0 fully saturated rings. The summed E-state index contributed by atoms with van der Waals surface area (Å²) in [6.45, 7) is 0.387. The molecule has 104 valence electrons. The van der Waals surface area contributed by atoms with Crippen LogP contribution in [0.2, 0.25) is 0 Å². The van der Waals surface area contributed by atoms with Crippen LogP contribution in [0.1, 0.15) is 17.0 Å². The SMILES string of the molecule is OC(Cc1cc(F)cc(F)c1)C1COc2ccccc21. The number of fused-ring (bicyclic) bond motifs is 1.